The second-order valence-electron chi connectivity index (χ2n) is 5.04. The van der Waals surface area contributed by atoms with E-state index in [4.69, 9.17) is 11.0 Å². The summed E-state index contributed by atoms with van der Waals surface area (Å²) < 4.78 is 0. The Bertz CT molecular complexity index is 554. The maximum absolute atomic E-state index is 12.1. The Labute approximate surface area is 129 Å². The van der Waals surface area contributed by atoms with Crippen LogP contribution in [0.2, 0.25) is 0 Å². The Kier molecular flexibility index (Phi) is 5.04. The van der Waals surface area contributed by atoms with Crippen molar-refractivity contribution in [3.63, 3.8) is 0 Å². The normalized spacial score (nSPS) is 15.8. The van der Waals surface area contributed by atoms with Gasteiger partial charge in [-0.15, -0.1) is 11.3 Å². The topological polar surface area (TPSA) is 85.4 Å². The number of rotatable bonds is 4. The van der Waals surface area contributed by atoms with Gasteiger partial charge in [-0.25, -0.2) is 0 Å². The van der Waals surface area contributed by atoms with Gasteiger partial charge in [0.1, 0.15) is 15.9 Å². The largest absolute Gasteiger partial charge is 0.396 e. The fourth-order valence-corrected chi connectivity index (χ4v) is 3.64. The Morgan fingerprint density at radius 3 is 2.62 bits per heavy atom. The number of hydrogen-bond acceptors (Lipinski definition) is 6. The van der Waals surface area contributed by atoms with Crippen molar-refractivity contribution < 1.29 is 4.79 Å². The van der Waals surface area contributed by atoms with E-state index in [0.717, 1.165) is 44.1 Å². The van der Waals surface area contributed by atoms with Crippen molar-refractivity contribution in [2.75, 3.05) is 50.4 Å². The third-order valence-corrected chi connectivity index (χ3v) is 4.85. The molecule has 6 nitrogen and oxygen atoms in total. The van der Waals surface area contributed by atoms with E-state index in [1.807, 2.05) is 0 Å². The molecule has 0 radical (unpaired) electrons. The first-order valence-electron chi connectivity index (χ1n) is 7.14. The van der Waals surface area contributed by atoms with Gasteiger partial charge in [-0.2, -0.15) is 5.26 Å². The second-order valence-corrected chi connectivity index (χ2v) is 6.04. The molecule has 7 heteroatoms. The Morgan fingerprint density at radius 1 is 1.43 bits per heavy atom. The second kappa shape index (κ2) is 6.78. The number of nitrogens with one attached hydrogen (secondary N) is 1. The molecule has 1 aromatic rings. The number of nitrogens with two attached hydrogens (primary N) is 1. The Morgan fingerprint density at radius 2 is 2.10 bits per heavy atom. The molecule has 0 atom stereocenters. The van der Waals surface area contributed by atoms with Gasteiger partial charge in [0.25, 0.3) is 5.91 Å². The lowest BCUT2D eigenvalue weighted by Gasteiger charge is -2.35. The molecule has 3 N–H and O–H groups in total. The molecule has 0 aromatic carbocycles. The van der Waals surface area contributed by atoms with Gasteiger partial charge in [0.15, 0.2) is 0 Å². The van der Waals surface area contributed by atoms with Gasteiger partial charge < -0.3 is 16.0 Å². The highest BCUT2D eigenvalue weighted by Crippen LogP contribution is 2.38. The van der Waals surface area contributed by atoms with Crippen LogP contribution in [0.15, 0.2) is 0 Å². The minimum absolute atomic E-state index is 0.226. The smallest absolute Gasteiger partial charge is 0.256 e. The molecule has 1 fully saturated rings. The fraction of sp³-hybridized carbons (Fsp3) is 0.571. The van der Waals surface area contributed by atoms with E-state index in [-0.39, 0.29) is 5.91 Å². The quantitative estimate of drug-likeness (QED) is 0.870. The lowest BCUT2D eigenvalue weighted by atomic mass is 10.2. The fourth-order valence-electron chi connectivity index (χ4n) is 2.57. The van der Waals surface area contributed by atoms with Crippen molar-refractivity contribution in [1.82, 2.24) is 10.2 Å². The van der Waals surface area contributed by atoms with Crippen molar-refractivity contribution >= 4 is 27.9 Å². The molecular weight excluding hydrogens is 286 g/mol. The molecule has 0 bridgehead atoms. The molecule has 0 saturated carbocycles. The SMILES string of the molecule is CCCN1CCN(c2sc(C#N)c(N)c2C(=O)NC)CC1. The van der Waals surface area contributed by atoms with Gasteiger partial charge in [-0.1, -0.05) is 6.92 Å². The summed E-state index contributed by atoms with van der Waals surface area (Å²) in [4.78, 5) is 17.1. The molecule has 0 unspecified atom stereocenters. The minimum atomic E-state index is -0.226. The molecule has 1 saturated heterocycles. The van der Waals surface area contributed by atoms with Crippen molar-refractivity contribution in [2.24, 2.45) is 0 Å². The van der Waals surface area contributed by atoms with Crippen LogP contribution in [0.25, 0.3) is 0 Å². The van der Waals surface area contributed by atoms with Crippen LogP contribution < -0.4 is 16.0 Å². The zero-order chi connectivity index (χ0) is 15.4. The average molecular weight is 307 g/mol. The van der Waals surface area contributed by atoms with Crippen LogP contribution in [0.5, 0.6) is 0 Å². The first kappa shape index (κ1) is 15.6. The molecule has 1 aliphatic heterocycles. The number of amides is 1. The summed E-state index contributed by atoms with van der Waals surface area (Å²) in [5, 5.41) is 12.6. The van der Waals surface area contributed by atoms with Crippen LogP contribution in [0, 0.1) is 11.3 Å². The number of anilines is 2. The maximum Gasteiger partial charge on any atom is 0.256 e. The monoisotopic (exact) mass is 307 g/mol. The molecule has 0 aliphatic carbocycles. The van der Waals surface area contributed by atoms with Crippen LogP contribution >= 0.6 is 11.3 Å². The zero-order valence-corrected chi connectivity index (χ0v) is 13.3. The van der Waals surface area contributed by atoms with Gasteiger partial charge in [-0.3, -0.25) is 9.69 Å². The summed E-state index contributed by atoms with van der Waals surface area (Å²) in [6.07, 6.45) is 1.15. The highest BCUT2D eigenvalue weighted by atomic mass is 32.1. The third kappa shape index (κ3) is 3.12. The number of thiophene rings is 1. The summed E-state index contributed by atoms with van der Waals surface area (Å²) >= 11 is 1.31. The van der Waals surface area contributed by atoms with Gasteiger partial charge in [0.05, 0.1) is 11.3 Å². The summed E-state index contributed by atoms with van der Waals surface area (Å²) in [6.45, 7) is 6.94. The molecule has 1 aliphatic rings. The standard InChI is InChI=1S/C14H21N5OS/c1-3-4-18-5-7-19(8-6-18)14-11(13(20)17-2)12(16)10(9-15)21-14/h3-8,16H2,1-2H3,(H,17,20). The van der Waals surface area contributed by atoms with E-state index in [0.29, 0.717) is 16.1 Å². The van der Waals surface area contributed by atoms with Gasteiger partial charge in [0.2, 0.25) is 0 Å². The van der Waals surface area contributed by atoms with Crippen LogP contribution in [0.4, 0.5) is 10.7 Å². The maximum atomic E-state index is 12.1. The lowest BCUT2D eigenvalue weighted by Crippen LogP contribution is -2.46. The van der Waals surface area contributed by atoms with Crippen LogP contribution in [0.3, 0.4) is 0 Å². The predicted octanol–water partition coefficient (Wildman–Crippen LogP) is 1.09. The van der Waals surface area contributed by atoms with Gasteiger partial charge >= 0.3 is 0 Å². The average Bonchev–Trinajstić information content (AvgIpc) is 2.84. The van der Waals surface area contributed by atoms with Crippen molar-refractivity contribution in [3.05, 3.63) is 10.4 Å². The van der Waals surface area contributed by atoms with Crippen molar-refractivity contribution in [2.45, 2.75) is 13.3 Å². The summed E-state index contributed by atoms with van der Waals surface area (Å²) in [7, 11) is 1.58. The highest BCUT2D eigenvalue weighted by Gasteiger charge is 2.27. The first-order chi connectivity index (χ1) is 10.1. The number of hydrogen-bond donors (Lipinski definition) is 2. The predicted molar refractivity (Wildman–Crippen MR) is 85.8 cm³/mol. The third-order valence-electron chi connectivity index (χ3n) is 3.68. The number of nitriles is 1. The van der Waals surface area contributed by atoms with E-state index in [9.17, 15) is 4.79 Å². The molecule has 1 aromatic heterocycles. The van der Waals surface area contributed by atoms with E-state index in [2.05, 4.69) is 28.1 Å². The number of carbonyl (C=O) groups excluding carboxylic acids is 1. The summed E-state index contributed by atoms with van der Waals surface area (Å²) in [6, 6.07) is 2.08. The molecule has 2 rings (SSSR count). The number of nitrogens with zero attached hydrogens (tertiary/aromatic N) is 3. The van der Waals surface area contributed by atoms with Crippen LogP contribution in [-0.2, 0) is 0 Å². The van der Waals surface area contributed by atoms with Gasteiger partial charge in [0, 0.05) is 33.2 Å². The van der Waals surface area contributed by atoms with E-state index in [1.54, 1.807) is 7.05 Å². The number of piperazine rings is 1. The van der Waals surface area contributed by atoms with E-state index in [1.165, 1.54) is 11.3 Å². The van der Waals surface area contributed by atoms with E-state index < -0.39 is 0 Å². The highest BCUT2D eigenvalue weighted by molar-refractivity contribution is 7.17. The number of carbonyl (C=O) groups is 1. The molecule has 114 valence electrons. The molecule has 2 heterocycles. The molecular formula is C14H21N5OS. The molecule has 1 amide bonds. The summed E-state index contributed by atoms with van der Waals surface area (Å²) in [5.74, 6) is -0.226. The van der Waals surface area contributed by atoms with E-state index >= 15 is 0 Å². The van der Waals surface area contributed by atoms with Crippen molar-refractivity contribution in [3.8, 4) is 6.07 Å². The van der Waals surface area contributed by atoms with Crippen LogP contribution in [0.1, 0.15) is 28.6 Å². The van der Waals surface area contributed by atoms with Crippen LogP contribution in [-0.4, -0.2) is 50.6 Å². The minimum Gasteiger partial charge on any atom is -0.396 e. The zero-order valence-electron chi connectivity index (χ0n) is 12.5. The van der Waals surface area contributed by atoms with Gasteiger partial charge in [-0.05, 0) is 13.0 Å². The molecule has 21 heavy (non-hydrogen) atoms. The number of nitrogen functional groups attached to an aromatic ring is 1. The first-order valence-corrected chi connectivity index (χ1v) is 7.95. The summed E-state index contributed by atoms with van der Waals surface area (Å²) in [5.41, 5.74) is 6.71. The Hall–Kier alpha value is -1.78. The lowest BCUT2D eigenvalue weighted by molar-refractivity contribution is 0.0964. The Balaban J connectivity index is 2.24. The molecule has 0 spiro atoms. The van der Waals surface area contributed by atoms with Crippen molar-refractivity contribution in [1.29, 1.82) is 5.26 Å².